The molecule has 0 heterocycles. The van der Waals surface area contributed by atoms with Crippen LogP contribution in [0.2, 0.25) is 0 Å². The number of allylic oxidation sites excluding steroid dienone is 5. The maximum atomic E-state index is 12.5. The average Bonchev–Trinajstić information content (AvgIpc) is 3.10. The second-order valence-corrected chi connectivity index (χ2v) is 15.9. The van der Waals surface area contributed by atoms with Crippen LogP contribution < -0.4 is 34.5 Å². The fourth-order valence-corrected chi connectivity index (χ4v) is 7.70. The van der Waals surface area contributed by atoms with E-state index in [1.54, 1.807) is 54.6 Å². The van der Waals surface area contributed by atoms with E-state index < -0.39 is 41.0 Å². The summed E-state index contributed by atoms with van der Waals surface area (Å²) < 4.78 is 109. The Balaban J connectivity index is 0.00000392. The fourth-order valence-electron chi connectivity index (χ4n) is 5.91. The van der Waals surface area contributed by atoms with Gasteiger partial charge in [0.15, 0.2) is 12.3 Å². The van der Waals surface area contributed by atoms with Gasteiger partial charge in [-0.3, -0.25) is 0 Å². The van der Waals surface area contributed by atoms with Crippen molar-refractivity contribution >= 4 is 76.9 Å². The Morgan fingerprint density at radius 3 is 1.83 bits per heavy atom. The van der Waals surface area contributed by atoms with Crippen LogP contribution in [0, 0.1) is 0 Å². The van der Waals surface area contributed by atoms with E-state index in [1.165, 1.54) is 48.5 Å². The van der Waals surface area contributed by atoms with Crippen LogP contribution in [-0.2, 0) is 43.4 Å². The minimum Gasteiger partial charge on any atom is -0.744 e. The van der Waals surface area contributed by atoms with Crippen molar-refractivity contribution in [2.24, 2.45) is 0 Å². The molecule has 0 saturated carbocycles. The molecule has 0 spiro atoms. The molecule has 1 N–H and O–H groups in total. The predicted octanol–water partition coefficient (Wildman–Crippen LogP) is 1.36. The van der Waals surface area contributed by atoms with Gasteiger partial charge in [-0.05, 0) is 103 Å². The Kier molecular flexibility index (Phi) is 15.9. The predicted molar refractivity (Wildman–Crippen MR) is 198 cm³/mol. The van der Waals surface area contributed by atoms with Gasteiger partial charge in [0.1, 0.15) is 42.6 Å². The summed E-state index contributed by atoms with van der Waals surface area (Å²) in [7, 11) is -14.4. The summed E-state index contributed by atoms with van der Waals surface area (Å²) in [5.41, 5.74) is 4.06. The third-order valence-electron chi connectivity index (χ3n) is 8.41. The molecule has 0 atom stereocenters. The number of hydrogen-bond donors (Lipinski definition) is 1. The Morgan fingerprint density at radius 2 is 1.28 bits per heavy atom. The van der Waals surface area contributed by atoms with Crippen LogP contribution in [0.15, 0.2) is 136 Å². The summed E-state index contributed by atoms with van der Waals surface area (Å²) in [4.78, 5) is 0.623. The molecule has 17 heteroatoms. The van der Waals surface area contributed by atoms with Crippen molar-refractivity contribution in [2.45, 2.75) is 41.6 Å². The first-order chi connectivity index (χ1) is 24.5. The zero-order valence-electron chi connectivity index (χ0n) is 30.0. The van der Waals surface area contributed by atoms with E-state index in [4.69, 9.17) is 0 Å². The molecule has 0 unspecified atom stereocenters. The molecular weight excluding hydrogens is 775 g/mol. The van der Waals surface area contributed by atoms with Gasteiger partial charge in [0.25, 0.3) is 0 Å². The zero-order chi connectivity index (χ0) is 37.8. The molecule has 273 valence electrons. The molecule has 1 aliphatic rings. The molecule has 54 heavy (non-hydrogen) atoms. The van der Waals surface area contributed by atoms with Crippen molar-refractivity contribution in [2.75, 3.05) is 18.0 Å². The third-order valence-corrected chi connectivity index (χ3v) is 10.9. The first-order valence-corrected chi connectivity index (χ1v) is 20.2. The molecule has 0 amide bonds. The summed E-state index contributed by atoms with van der Waals surface area (Å²) in [6.07, 6.45) is 7.08. The average molecular weight is 809 g/mol. The number of phenolic OH excluding ortho intramolecular Hbond substituents is 1. The van der Waals surface area contributed by atoms with E-state index in [0.29, 0.717) is 46.6 Å². The van der Waals surface area contributed by atoms with Gasteiger partial charge in [-0.1, -0.05) is 36.4 Å². The Hall–Kier alpha value is -2.90. The molecule has 1 radical (unpaired) electrons. The van der Waals surface area contributed by atoms with E-state index in [1.807, 2.05) is 29.4 Å². The van der Waals surface area contributed by atoms with Crippen molar-refractivity contribution in [3.8, 4) is 5.75 Å². The van der Waals surface area contributed by atoms with Crippen LogP contribution >= 0.6 is 0 Å². The molecule has 4 aromatic carbocycles. The summed E-state index contributed by atoms with van der Waals surface area (Å²) in [5.74, 6) is -0.409. The molecular formula is C37H34N2Na2O10S3-. The molecule has 4 aromatic rings. The van der Waals surface area contributed by atoms with Crippen molar-refractivity contribution in [3.63, 3.8) is 0 Å². The van der Waals surface area contributed by atoms with E-state index in [9.17, 15) is 44.0 Å². The topological polar surface area (TPSA) is 198 Å². The first-order valence-electron chi connectivity index (χ1n) is 15.9. The number of nitrogens with zero attached hydrogens (tertiary/aromatic N) is 2. The maximum Gasteiger partial charge on any atom is 1.00 e. The number of benzene rings is 4. The van der Waals surface area contributed by atoms with E-state index in [-0.39, 0.29) is 87.6 Å². The number of aromatic hydroxyl groups is 1. The summed E-state index contributed by atoms with van der Waals surface area (Å²) in [6, 6.07) is 22.2. The summed E-state index contributed by atoms with van der Waals surface area (Å²) in [6.45, 7) is 5.30. The maximum absolute atomic E-state index is 12.5. The van der Waals surface area contributed by atoms with Crippen LogP contribution in [0.1, 0.15) is 36.1 Å². The van der Waals surface area contributed by atoms with Crippen LogP contribution in [0.25, 0.3) is 5.57 Å². The van der Waals surface area contributed by atoms with Crippen molar-refractivity contribution < 1.29 is 78.2 Å². The molecule has 12 nitrogen and oxygen atoms in total. The molecule has 0 bridgehead atoms. The first kappa shape index (κ1) is 45.5. The van der Waals surface area contributed by atoms with Gasteiger partial charge < -0.3 is 23.7 Å². The number of phenols is 1. The van der Waals surface area contributed by atoms with Crippen LogP contribution in [0.3, 0.4) is 0 Å². The zero-order valence-corrected chi connectivity index (χ0v) is 36.5. The van der Waals surface area contributed by atoms with Crippen LogP contribution in [0.4, 0.5) is 5.69 Å². The number of anilines is 1. The second-order valence-electron chi connectivity index (χ2n) is 11.8. The molecule has 0 aromatic heterocycles. The SMILES string of the molecule is CCN(Cc1cccc(S(=O)(=O)[O-])c1)c1cccc(C(=C2C=CC(=[N+](CC)Cc3cccc(S(=O)(=O)[O-])c3)C=C2)c2ccc(O)cc2S(=O)(=O)[O-])c1.[Na+].[Na]. The molecule has 0 saturated heterocycles. The number of hydrogen-bond acceptors (Lipinski definition) is 11. The van der Waals surface area contributed by atoms with Gasteiger partial charge in [0.05, 0.1) is 14.7 Å². The smallest absolute Gasteiger partial charge is 0.744 e. The summed E-state index contributed by atoms with van der Waals surface area (Å²) >= 11 is 0. The van der Waals surface area contributed by atoms with Crippen molar-refractivity contribution in [1.82, 2.24) is 0 Å². The largest absolute Gasteiger partial charge is 1.00 e. The van der Waals surface area contributed by atoms with Gasteiger partial charge in [0.2, 0.25) is 0 Å². The molecule has 0 aliphatic heterocycles. The van der Waals surface area contributed by atoms with Gasteiger partial charge in [-0.15, -0.1) is 0 Å². The Labute approximate surface area is 360 Å². The molecule has 5 rings (SSSR count). The van der Waals surface area contributed by atoms with Gasteiger partial charge in [-0.2, -0.15) is 0 Å². The van der Waals surface area contributed by atoms with Gasteiger partial charge in [-0.25, -0.2) is 29.8 Å². The second kappa shape index (κ2) is 18.8. The quantitative estimate of drug-likeness (QED) is 0.123. The van der Waals surface area contributed by atoms with E-state index >= 15 is 0 Å². The van der Waals surface area contributed by atoms with Crippen LogP contribution in [-0.4, -0.2) is 97.0 Å². The van der Waals surface area contributed by atoms with Gasteiger partial charge >= 0.3 is 29.6 Å². The fraction of sp³-hybridized carbons (Fsp3) is 0.162. The van der Waals surface area contributed by atoms with Crippen molar-refractivity contribution in [1.29, 1.82) is 0 Å². The summed E-state index contributed by atoms with van der Waals surface area (Å²) in [5, 5.41) is 10.2. The number of rotatable bonds is 12. The molecule has 1 aliphatic carbocycles. The van der Waals surface area contributed by atoms with E-state index in [2.05, 4.69) is 0 Å². The Morgan fingerprint density at radius 1 is 0.704 bits per heavy atom. The minimum atomic E-state index is -5.07. The van der Waals surface area contributed by atoms with Crippen LogP contribution in [0.5, 0.6) is 5.75 Å². The third kappa shape index (κ3) is 11.3. The van der Waals surface area contributed by atoms with Crippen molar-refractivity contribution in [3.05, 3.63) is 143 Å². The Bertz CT molecular complexity index is 2480. The molecule has 0 fully saturated rings. The van der Waals surface area contributed by atoms with Gasteiger partial charge in [0, 0.05) is 71.6 Å². The normalized spacial score (nSPS) is 12.8. The van der Waals surface area contributed by atoms with E-state index in [0.717, 1.165) is 11.8 Å². The standard InChI is InChI=1S/C37H36N2O10S3.2Na/c1-3-38(24-26-8-5-12-33(20-26)50(41,42)43)30-16-14-28(15-17-30)37(35-19-18-32(40)23-36(35)52(47,48)49)29-10-7-11-31(22-29)39(4-2)25-27-9-6-13-34(21-27)51(44,45)46;;/h5-23H,3-4,24-25H2,1-2H3,(H3,41,42,43,44,45,46,47,48,49);;/q;;+1/p-2. The monoisotopic (exact) mass is 808 g/mol. The minimum absolute atomic E-state index is 0.